The fraction of sp³-hybridized carbons (Fsp3) is 0.462. The van der Waals surface area contributed by atoms with Gasteiger partial charge in [0, 0.05) is 12.2 Å². The average molecular weight is 232 g/mol. The molecule has 0 aromatic heterocycles. The van der Waals surface area contributed by atoms with E-state index in [2.05, 4.69) is 0 Å². The minimum absolute atomic E-state index is 0.0370. The Balaban J connectivity index is 1.90. The van der Waals surface area contributed by atoms with Crippen LogP contribution in [0.5, 0.6) is 5.75 Å². The molecule has 1 aromatic rings. The van der Waals surface area contributed by atoms with E-state index in [1.54, 1.807) is 6.07 Å². The lowest BCUT2D eigenvalue weighted by molar-refractivity contribution is -0.121. The molecule has 0 saturated heterocycles. The van der Waals surface area contributed by atoms with Crippen LogP contribution in [0.4, 0.5) is 11.4 Å². The molecule has 4 nitrogen and oxygen atoms in total. The van der Waals surface area contributed by atoms with E-state index >= 15 is 0 Å². The van der Waals surface area contributed by atoms with Gasteiger partial charge in [0.15, 0.2) is 6.61 Å². The molecule has 1 saturated carbocycles. The maximum Gasteiger partial charge on any atom is 0.265 e. The molecule has 17 heavy (non-hydrogen) atoms. The number of benzene rings is 1. The molecule has 2 N–H and O–H groups in total. The quantitative estimate of drug-likeness (QED) is 0.791. The second kappa shape index (κ2) is 3.95. The summed E-state index contributed by atoms with van der Waals surface area (Å²) in [6.45, 7) is 0.947. The van der Waals surface area contributed by atoms with Gasteiger partial charge in [0.2, 0.25) is 0 Å². The van der Waals surface area contributed by atoms with E-state index in [4.69, 9.17) is 10.5 Å². The summed E-state index contributed by atoms with van der Waals surface area (Å²) in [6, 6.07) is 5.46. The Bertz CT molecular complexity index is 455. The fourth-order valence-corrected chi connectivity index (χ4v) is 2.35. The number of fused-ring (bicyclic) bond motifs is 1. The summed E-state index contributed by atoms with van der Waals surface area (Å²) < 4.78 is 5.41. The Kier molecular flexibility index (Phi) is 2.42. The number of hydrogen-bond donors (Lipinski definition) is 1. The van der Waals surface area contributed by atoms with Crippen molar-refractivity contribution in [2.75, 3.05) is 23.8 Å². The van der Waals surface area contributed by atoms with Gasteiger partial charge >= 0.3 is 0 Å². The Hall–Kier alpha value is -1.71. The first kappa shape index (κ1) is 10.4. The molecule has 1 aliphatic heterocycles. The zero-order chi connectivity index (χ0) is 11.8. The highest BCUT2D eigenvalue weighted by atomic mass is 16.5. The maximum absolute atomic E-state index is 11.9. The Morgan fingerprint density at radius 1 is 1.41 bits per heavy atom. The van der Waals surface area contributed by atoms with Crippen molar-refractivity contribution in [2.24, 2.45) is 5.92 Å². The Labute approximate surface area is 100 Å². The van der Waals surface area contributed by atoms with Crippen molar-refractivity contribution in [3.63, 3.8) is 0 Å². The number of carbonyl (C=O) groups is 1. The number of anilines is 2. The van der Waals surface area contributed by atoms with Crippen molar-refractivity contribution in [1.82, 2.24) is 0 Å². The van der Waals surface area contributed by atoms with E-state index < -0.39 is 0 Å². The molecule has 1 aliphatic carbocycles. The predicted octanol–water partition coefficient (Wildman–Crippen LogP) is 1.79. The summed E-state index contributed by atoms with van der Waals surface area (Å²) in [5, 5.41) is 0. The summed E-state index contributed by atoms with van der Waals surface area (Å²) in [5.74, 6) is 1.44. The van der Waals surface area contributed by atoms with Crippen molar-refractivity contribution in [3.8, 4) is 5.75 Å². The van der Waals surface area contributed by atoms with Crippen LogP contribution in [0, 0.1) is 5.92 Å². The van der Waals surface area contributed by atoms with Gasteiger partial charge in [0.25, 0.3) is 5.91 Å². The van der Waals surface area contributed by atoms with Crippen LogP contribution < -0.4 is 15.4 Å². The lowest BCUT2D eigenvalue weighted by Gasteiger charge is -2.35. The van der Waals surface area contributed by atoms with Gasteiger partial charge in [-0.25, -0.2) is 0 Å². The van der Waals surface area contributed by atoms with Crippen LogP contribution in [0.15, 0.2) is 18.2 Å². The molecular weight excluding hydrogens is 216 g/mol. The van der Waals surface area contributed by atoms with Crippen molar-refractivity contribution in [1.29, 1.82) is 0 Å². The second-order valence-corrected chi connectivity index (χ2v) is 4.82. The molecule has 1 fully saturated rings. The van der Waals surface area contributed by atoms with E-state index in [-0.39, 0.29) is 12.5 Å². The van der Waals surface area contributed by atoms with Gasteiger partial charge < -0.3 is 15.4 Å². The summed E-state index contributed by atoms with van der Waals surface area (Å²) in [6.07, 6.45) is 3.73. The highest BCUT2D eigenvalue weighted by Crippen LogP contribution is 2.36. The third kappa shape index (κ3) is 1.84. The molecule has 0 unspecified atom stereocenters. The number of rotatable bonds is 2. The van der Waals surface area contributed by atoms with Gasteiger partial charge in [-0.3, -0.25) is 4.79 Å². The smallest absolute Gasteiger partial charge is 0.265 e. The van der Waals surface area contributed by atoms with Crippen LogP contribution in [0.25, 0.3) is 0 Å². The number of nitrogens with zero attached hydrogens (tertiary/aromatic N) is 1. The molecule has 0 bridgehead atoms. The molecule has 4 heteroatoms. The zero-order valence-electron chi connectivity index (χ0n) is 9.69. The van der Waals surface area contributed by atoms with Crippen LogP contribution in [-0.4, -0.2) is 19.1 Å². The number of hydrogen-bond acceptors (Lipinski definition) is 3. The first-order chi connectivity index (χ1) is 8.24. The highest BCUT2D eigenvalue weighted by Gasteiger charge is 2.29. The zero-order valence-corrected chi connectivity index (χ0v) is 9.69. The van der Waals surface area contributed by atoms with Gasteiger partial charge in [-0.1, -0.05) is 6.42 Å². The Morgan fingerprint density at radius 3 is 2.94 bits per heavy atom. The number of amides is 1. The molecule has 0 radical (unpaired) electrons. The van der Waals surface area contributed by atoms with Crippen molar-refractivity contribution in [2.45, 2.75) is 19.3 Å². The van der Waals surface area contributed by atoms with Crippen molar-refractivity contribution < 1.29 is 9.53 Å². The van der Waals surface area contributed by atoms with Crippen LogP contribution in [-0.2, 0) is 4.79 Å². The number of nitrogen functional groups attached to an aromatic ring is 1. The minimum Gasteiger partial charge on any atom is -0.482 e. The van der Waals surface area contributed by atoms with Gasteiger partial charge in [-0.05, 0) is 37.0 Å². The average Bonchev–Trinajstić information content (AvgIpc) is 2.25. The maximum atomic E-state index is 11.9. The summed E-state index contributed by atoms with van der Waals surface area (Å²) in [5.41, 5.74) is 7.27. The van der Waals surface area contributed by atoms with Gasteiger partial charge in [0.1, 0.15) is 5.75 Å². The monoisotopic (exact) mass is 232 g/mol. The second-order valence-electron chi connectivity index (χ2n) is 4.82. The summed E-state index contributed by atoms with van der Waals surface area (Å²) in [4.78, 5) is 13.7. The third-order valence-electron chi connectivity index (χ3n) is 3.59. The van der Waals surface area contributed by atoms with Crippen LogP contribution in [0.2, 0.25) is 0 Å². The first-order valence-corrected chi connectivity index (χ1v) is 6.07. The third-order valence-corrected chi connectivity index (χ3v) is 3.59. The van der Waals surface area contributed by atoms with Gasteiger partial charge in [0.05, 0.1) is 5.69 Å². The molecule has 0 spiro atoms. The van der Waals surface area contributed by atoms with Gasteiger partial charge in [-0.2, -0.15) is 0 Å². The van der Waals surface area contributed by atoms with Crippen LogP contribution >= 0.6 is 0 Å². The number of carbonyl (C=O) groups excluding carboxylic acids is 1. The largest absolute Gasteiger partial charge is 0.482 e. The molecule has 90 valence electrons. The standard InChI is InChI=1S/C13H16N2O2/c14-10-4-5-12-11(6-10)15(13(16)8-17-12)7-9-2-1-3-9/h4-6,9H,1-3,7-8,14H2. The van der Waals surface area contributed by atoms with E-state index in [1.807, 2.05) is 17.0 Å². The molecule has 0 atom stereocenters. The minimum atomic E-state index is 0.0370. The SMILES string of the molecule is Nc1ccc2c(c1)N(CC1CCC1)C(=O)CO2. The number of nitrogens with two attached hydrogens (primary N) is 1. The van der Waals surface area contributed by atoms with Crippen LogP contribution in [0.3, 0.4) is 0 Å². The molecule has 1 amide bonds. The highest BCUT2D eigenvalue weighted by molar-refractivity contribution is 5.98. The lowest BCUT2D eigenvalue weighted by Crippen LogP contribution is -2.43. The van der Waals surface area contributed by atoms with Gasteiger partial charge in [-0.15, -0.1) is 0 Å². The molecule has 2 aliphatic rings. The molecule has 3 rings (SSSR count). The normalized spacial score (nSPS) is 19.5. The predicted molar refractivity (Wildman–Crippen MR) is 66.0 cm³/mol. The van der Waals surface area contributed by atoms with E-state index in [9.17, 15) is 4.79 Å². The Morgan fingerprint density at radius 2 is 2.24 bits per heavy atom. The van der Waals surface area contributed by atoms with Crippen molar-refractivity contribution >= 4 is 17.3 Å². The van der Waals surface area contributed by atoms with E-state index in [0.717, 1.165) is 18.0 Å². The first-order valence-electron chi connectivity index (χ1n) is 6.07. The lowest BCUT2D eigenvalue weighted by atomic mass is 9.85. The topological polar surface area (TPSA) is 55.6 Å². The van der Waals surface area contributed by atoms with Crippen LogP contribution in [0.1, 0.15) is 19.3 Å². The molecular formula is C13H16N2O2. The van der Waals surface area contributed by atoms with E-state index in [1.165, 1.54) is 19.3 Å². The summed E-state index contributed by atoms with van der Waals surface area (Å²) >= 11 is 0. The van der Waals surface area contributed by atoms with Crippen molar-refractivity contribution in [3.05, 3.63) is 18.2 Å². The molecule has 1 aromatic carbocycles. The molecule has 1 heterocycles. The number of ether oxygens (including phenoxy) is 1. The van der Waals surface area contributed by atoms with E-state index in [0.29, 0.717) is 11.6 Å². The summed E-state index contributed by atoms with van der Waals surface area (Å²) in [7, 11) is 0. The fourth-order valence-electron chi connectivity index (χ4n) is 2.35.